The average Bonchev–Trinajstić information content (AvgIpc) is 3.57. The fourth-order valence-corrected chi connectivity index (χ4v) is 6.41. The van der Waals surface area contributed by atoms with Gasteiger partial charge in [-0.05, 0) is 36.5 Å². The number of carbonyl (C=O) groups excluding carboxylic acids is 3. The number of guanidine groups is 2. The Morgan fingerprint density at radius 3 is 2.81 bits per heavy atom. The van der Waals surface area contributed by atoms with E-state index >= 15 is 0 Å². The summed E-state index contributed by atoms with van der Waals surface area (Å²) in [6.07, 6.45) is 1.60. The first kappa shape index (κ1) is 22.6. The van der Waals surface area contributed by atoms with Crippen LogP contribution in [0.1, 0.15) is 27.9 Å². The molecule has 4 heterocycles. The molecular formula is C23H29N9O4. The highest BCUT2D eigenvalue weighted by Crippen LogP contribution is 2.38. The smallest absolute Gasteiger partial charge is 0.327 e. The normalized spacial score (nSPS) is 32.7. The molecule has 0 radical (unpaired) electrons. The fourth-order valence-electron chi connectivity index (χ4n) is 6.41. The van der Waals surface area contributed by atoms with Gasteiger partial charge in [0.1, 0.15) is 12.6 Å². The minimum Gasteiger partial charge on any atom is -0.386 e. The van der Waals surface area contributed by atoms with Gasteiger partial charge in [-0.15, -0.1) is 0 Å². The van der Waals surface area contributed by atoms with Gasteiger partial charge in [-0.3, -0.25) is 25.3 Å². The Labute approximate surface area is 207 Å². The van der Waals surface area contributed by atoms with Crippen molar-refractivity contribution in [3.05, 3.63) is 34.9 Å². The van der Waals surface area contributed by atoms with Crippen molar-refractivity contribution in [1.29, 1.82) is 10.8 Å². The van der Waals surface area contributed by atoms with Crippen molar-refractivity contribution in [2.75, 3.05) is 26.7 Å². The van der Waals surface area contributed by atoms with E-state index in [2.05, 4.69) is 21.3 Å². The maximum atomic E-state index is 13.3. The van der Waals surface area contributed by atoms with Crippen molar-refractivity contribution in [3.8, 4) is 0 Å². The molecule has 1 aliphatic carbocycles. The summed E-state index contributed by atoms with van der Waals surface area (Å²) < 4.78 is 0. The number of hydrogen-bond donors (Lipinski definition) is 7. The molecule has 4 saturated heterocycles. The van der Waals surface area contributed by atoms with Crippen molar-refractivity contribution in [3.63, 3.8) is 0 Å². The second-order valence-corrected chi connectivity index (χ2v) is 10.1. The van der Waals surface area contributed by atoms with E-state index in [1.54, 1.807) is 18.0 Å². The van der Waals surface area contributed by atoms with Crippen LogP contribution in [-0.4, -0.2) is 106 Å². The third kappa shape index (κ3) is 3.08. The summed E-state index contributed by atoms with van der Waals surface area (Å²) in [5, 5.41) is 40.5. The number of aryl methyl sites for hydroxylation is 1. The molecule has 190 valence electrons. The maximum Gasteiger partial charge on any atom is 0.327 e. The van der Waals surface area contributed by atoms with Gasteiger partial charge in [0.15, 0.2) is 17.6 Å². The molecule has 4 amide bonds. The molecule has 1 spiro atoms. The number of nitrogens with zero attached hydrogens (tertiary/aromatic N) is 3. The van der Waals surface area contributed by atoms with Gasteiger partial charge in [-0.2, -0.15) is 0 Å². The Kier molecular flexibility index (Phi) is 4.90. The van der Waals surface area contributed by atoms with E-state index in [0.29, 0.717) is 5.56 Å². The number of fused-ring (bicyclic) bond motifs is 1. The van der Waals surface area contributed by atoms with Crippen LogP contribution in [0.25, 0.3) is 0 Å². The SMILES string of the molecule is CN1CC(=O)N(CC2NC(=N)N3C[C@H](NC(=O)c4cccc5c4CCC5)C(O)C34NC(=N)NC24)C1=O. The van der Waals surface area contributed by atoms with Crippen LogP contribution in [0.2, 0.25) is 0 Å². The van der Waals surface area contributed by atoms with Crippen molar-refractivity contribution in [2.45, 2.75) is 49.2 Å². The maximum absolute atomic E-state index is 13.3. The third-order valence-corrected chi connectivity index (χ3v) is 8.07. The summed E-state index contributed by atoms with van der Waals surface area (Å²) in [6, 6.07) is 3.23. The van der Waals surface area contributed by atoms with Crippen molar-refractivity contribution in [2.24, 2.45) is 0 Å². The van der Waals surface area contributed by atoms with E-state index in [0.717, 1.165) is 29.7 Å². The molecule has 7 N–H and O–H groups in total. The van der Waals surface area contributed by atoms with E-state index in [1.807, 2.05) is 12.1 Å². The number of imide groups is 1. The molecular weight excluding hydrogens is 466 g/mol. The topological polar surface area (TPSA) is 177 Å². The number of benzene rings is 1. The highest BCUT2D eigenvalue weighted by Gasteiger charge is 2.67. The molecule has 36 heavy (non-hydrogen) atoms. The largest absolute Gasteiger partial charge is 0.386 e. The third-order valence-electron chi connectivity index (χ3n) is 8.07. The molecule has 0 aromatic heterocycles. The second-order valence-electron chi connectivity index (χ2n) is 10.1. The average molecular weight is 496 g/mol. The summed E-state index contributed by atoms with van der Waals surface area (Å²) in [5.41, 5.74) is 1.50. The zero-order valence-corrected chi connectivity index (χ0v) is 19.8. The van der Waals surface area contributed by atoms with Crippen LogP contribution in [0.5, 0.6) is 0 Å². The fraction of sp³-hybridized carbons (Fsp3) is 0.522. The Morgan fingerprint density at radius 1 is 1.25 bits per heavy atom. The van der Waals surface area contributed by atoms with Crippen molar-refractivity contribution >= 4 is 29.8 Å². The molecule has 5 aliphatic rings. The van der Waals surface area contributed by atoms with Gasteiger partial charge in [-0.1, -0.05) is 12.1 Å². The first-order valence-electron chi connectivity index (χ1n) is 12.1. The van der Waals surface area contributed by atoms with E-state index in [4.69, 9.17) is 10.8 Å². The highest BCUT2D eigenvalue weighted by atomic mass is 16.3. The lowest BCUT2D eigenvalue weighted by atomic mass is 9.87. The number of aliphatic hydroxyl groups is 1. The number of urea groups is 1. The van der Waals surface area contributed by atoms with Crippen LogP contribution in [-0.2, 0) is 17.6 Å². The van der Waals surface area contributed by atoms with Gasteiger partial charge in [0, 0.05) is 19.2 Å². The predicted molar refractivity (Wildman–Crippen MR) is 127 cm³/mol. The van der Waals surface area contributed by atoms with Crippen molar-refractivity contribution in [1.82, 2.24) is 36.0 Å². The number of carbonyl (C=O) groups is 3. The number of nitrogens with one attached hydrogen (secondary N) is 6. The molecule has 5 atom stereocenters. The summed E-state index contributed by atoms with van der Waals surface area (Å²) >= 11 is 0. The van der Waals surface area contributed by atoms with E-state index in [-0.39, 0.29) is 43.4 Å². The Morgan fingerprint density at radius 2 is 2.06 bits per heavy atom. The standard InChI is InChI=1S/C23H29N9O4/c1-30-10-16(33)31(22(30)36)8-14-17-23(29-20(24)28-17)18(34)15(9-32(23)21(25)27-14)26-19(35)13-7-3-5-11-4-2-6-12(11)13/h3,5,7,14-15,17-18,34H,2,4,6,8-10H2,1H3,(H2,25,27)(H,26,35)(H3,24,28,29)/t14?,15-,17?,18?,23?/m0/s1. The Hall–Kier alpha value is -3.87. The molecule has 4 unspecified atom stereocenters. The first-order valence-corrected chi connectivity index (χ1v) is 12.1. The lowest BCUT2D eigenvalue weighted by Crippen LogP contribution is -2.78. The van der Waals surface area contributed by atoms with Crippen LogP contribution in [0.3, 0.4) is 0 Å². The molecule has 13 nitrogen and oxygen atoms in total. The van der Waals surface area contributed by atoms with Crippen LogP contribution in [0, 0.1) is 10.8 Å². The molecule has 4 fully saturated rings. The predicted octanol–water partition coefficient (Wildman–Crippen LogP) is -2.06. The number of likely N-dealkylation sites (N-methyl/N-ethyl adjacent to an activating group) is 1. The Bertz CT molecular complexity index is 1200. The molecule has 1 aromatic carbocycles. The quantitative estimate of drug-likeness (QED) is 0.233. The molecule has 4 aliphatic heterocycles. The van der Waals surface area contributed by atoms with E-state index in [1.165, 1.54) is 10.5 Å². The molecule has 13 heteroatoms. The Balaban J connectivity index is 1.27. The monoisotopic (exact) mass is 495 g/mol. The molecule has 0 bridgehead atoms. The zero-order valence-electron chi connectivity index (χ0n) is 19.8. The summed E-state index contributed by atoms with van der Waals surface area (Å²) in [4.78, 5) is 42.2. The summed E-state index contributed by atoms with van der Waals surface area (Å²) in [5.74, 6) is -0.696. The molecule has 0 saturated carbocycles. The highest BCUT2D eigenvalue weighted by molar-refractivity contribution is 6.02. The van der Waals surface area contributed by atoms with Gasteiger partial charge in [0.05, 0.1) is 24.7 Å². The second kappa shape index (κ2) is 7.82. The number of amides is 4. The lowest BCUT2D eigenvalue weighted by Gasteiger charge is -2.49. The minimum absolute atomic E-state index is 0.0215. The number of hydrogen-bond acceptors (Lipinski definition) is 6. The van der Waals surface area contributed by atoms with Gasteiger partial charge < -0.3 is 36.2 Å². The summed E-state index contributed by atoms with van der Waals surface area (Å²) in [6.45, 7) is 0.0854. The lowest BCUT2D eigenvalue weighted by molar-refractivity contribution is -0.125. The summed E-state index contributed by atoms with van der Waals surface area (Å²) in [7, 11) is 1.54. The van der Waals surface area contributed by atoms with Gasteiger partial charge >= 0.3 is 6.03 Å². The number of aliphatic hydroxyl groups excluding tert-OH is 1. The minimum atomic E-state index is -1.31. The first-order chi connectivity index (χ1) is 17.2. The molecule has 1 aromatic rings. The van der Waals surface area contributed by atoms with Crippen LogP contribution in [0.4, 0.5) is 4.79 Å². The van der Waals surface area contributed by atoms with Crippen LogP contribution < -0.4 is 21.3 Å². The zero-order chi connectivity index (χ0) is 25.4. The van der Waals surface area contributed by atoms with Crippen LogP contribution >= 0.6 is 0 Å². The van der Waals surface area contributed by atoms with E-state index in [9.17, 15) is 19.5 Å². The van der Waals surface area contributed by atoms with Crippen molar-refractivity contribution < 1.29 is 19.5 Å². The van der Waals surface area contributed by atoms with Gasteiger partial charge in [0.2, 0.25) is 5.91 Å². The van der Waals surface area contributed by atoms with Gasteiger partial charge in [-0.25, -0.2) is 4.79 Å². The van der Waals surface area contributed by atoms with Gasteiger partial charge in [0.25, 0.3) is 5.91 Å². The number of rotatable bonds is 4. The van der Waals surface area contributed by atoms with Crippen LogP contribution in [0.15, 0.2) is 18.2 Å². The van der Waals surface area contributed by atoms with E-state index < -0.39 is 35.9 Å². The molecule has 6 rings (SSSR count).